The third-order valence-electron chi connectivity index (χ3n) is 3.98. The predicted molar refractivity (Wildman–Crippen MR) is 106 cm³/mol. The lowest BCUT2D eigenvalue weighted by atomic mass is 10.0. The van der Waals surface area contributed by atoms with Crippen LogP contribution in [0.1, 0.15) is 37.8 Å². The fourth-order valence-electron chi connectivity index (χ4n) is 2.75. The van der Waals surface area contributed by atoms with Gasteiger partial charge in [0, 0.05) is 27.8 Å². The van der Waals surface area contributed by atoms with Gasteiger partial charge >= 0.3 is 0 Å². The van der Waals surface area contributed by atoms with Crippen LogP contribution in [0, 0.1) is 0 Å². The van der Waals surface area contributed by atoms with E-state index >= 15 is 0 Å². The molecule has 1 aliphatic heterocycles. The number of anilines is 1. The molecule has 0 saturated carbocycles. The summed E-state index contributed by atoms with van der Waals surface area (Å²) in [5.41, 5.74) is 3.01. The van der Waals surface area contributed by atoms with Crippen LogP contribution in [0.4, 0.5) is 5.69 Å². The lowest BCUT2D eigenvalue weighted by molar-refractivity contribution is -0.110. The number of carbonyl (C=O) groups excluding carboxylic acids is 1. The van der Waals surface area contributed by atoms with Crippen molar-refractivity contribution in [1.82, 2.24) is 0 Å². The molecule has 0 spiro atoms. The molecule has 4 nitrogen and oxygen atoms in total. The molecule has 0 fully saturated rings. The van der Waals surface area contributed by atoms with Gasteiger partial charge in [0.05, 0.1) is 18.9 Å². The Bertz CT molecular complexity index is 845. The molecule has 0 atom stereocenters. The van der Waals surface area contributed by atoms with E-state index < -0.39 is 0 Å². The molecule has 1 heterocycles. The summed E-state index contributed by atoms with van der Waals surface area (Å²) in [5, 5.41) is 3.45. The molecule has 3 rings (SSSR count). The molecule has 26 heavy (non-hydrogen) atoms. The summed E-state index contributed by atoms with van der Waals surface area (Å²) in [7, 11) is 0. The van der Waals surface area contributed by atoms with Gasteiger partial charge in [-0.05, 0) is 43.2 Å². The average Bonchev–Trinajstić information content (AvgIpc) is 2.94. The van der Waals surface area contributed by atoms with Gasteiger partial charge in [-0.25, -0.2) is 0 Å². The van der Waals surface area contributed by atoms with Crippen molar-refractivity contribution in [3.63, 3.8) is 0 Å². The minimum atomic E-state index is -0.144. The first-order valence-electron chi connectivity index (χ1n) is 8.85. The second-order valence-corrected chi connectivity index (χ2v) is 6.54. The fraction of sp³-hybridized carbons (Fsp3) is 0.286. The summed E-state index contributed by atoms with van der Waals surface area (Å²) in [4.78, 5) is 12.4. The Morgan fingerprint density at radius 1 is 1.04 bits per heavy atom. The Kier molecular flexibility index (Phi) is 5.84. The zero-order chi connectivity index (χ0) is 18.5. The van der Waals surface area contributed by atoms with Crippen LogP contribution in [0.25, 0.3) is 11.6 Å². The number of amides is 1. The molecule has 1 amide bonds. The van der Waals surface area contributed by atoms with E-state index in [1.165, 1.54) is 0 Å². The summed E-state index contributed by atoms with van der Waals surface area (Å²) in [5.74, 6) is 1.33. The molecule has 0 radical (unpaired) electrons. The van der Waals surface area contributed by atoms with Crippen LogP contribution < -0.4 is 14.8 Å². The van der Waals surface area contributed by atoms with Gasteiger partial charge in [0.15, 0.2) is 0 Å². The highest BCUT2D eigenvalue weighted by Crippen LogP contribution is 2.36. The minimum Gasteiger partial charge on any atom is -0.493 e. The molecule has 2 aromatic carbocycles. The smallest absolute Gasteiger partial charge is 0.256 e. The maximum Gasteiger partial charge on any atom is 0.256 e. The number of fused-ring (bicyclic) bond motifs is 1. The molecular formula is C21H22ClNO3. The van der Waals surface area contributed by atoms with E-state index in [2.05, 4.69) is 19.2 Å². The maximum atomic E-state index is 12.4. The van der Waals surface area contributed by atoms with Gasteiger partial charge in [-0.1, -0.05) is 31.5 Å². The molecule has 0 unspecified atom stereocenters. The van der Waals surface area contributed by atoms with Crippen molar-refractivity contribution >= 4 is 34.8 Å². The molecule has 136 valence electrons. The second kappa shape index (κ2) is 8.28. The molecule has 0 bridgehead atoms. The zero-order valence-corrected chi connectivity index (χ0v) is 15.7. The zero-order valence-electron chi connectivity index (χ0n) is 15.0. The summed E-state index contributed by atoms with van der Waals surface area (Å²) in [6, 6.07) is 11.1. The van der Waals surface area contributed by atoms with E-state index in [1.807, 2.05) is 30.3 Å². The van der Waals surface area contributed by atoms with Crippen LogP contribution in [0.3, 0.4) is 0 Å². The monoisotopic (exact) mass is 371 g/mol. The summed E-state index contributed by atoms with van der Waals surface area (Å²) in [6.45, 7) is 5.38. The fourth-order valence-corrected chi connectivity index (χ4v) is 2.92. The van der Waals surface area contributed by atoms with E-state index in [9.17, 15) is 4.79 Å². The van der Waals surface area contributed by atoms with Crippen molar-refractivity contribution in [2.24, 2.45) is 0 Å². The van der Waals surface area contributed by atoms with E-state index in [-0.39, 0.29) is 5.91 Å². The summed E-state index contributed by atoms with van der Waals surface area (Å²) >= 11 is 6.02. The van der Waals surface area contributed by atoms with Gasteiger partial charge in [-0.2, -0.15) is 0 Å². The number of benzene rings is 2. The number of hydrogen-bond acceptors (Lipinski definition) is 3. The average molecular weight is 372 g/mol. The predicted octanol–water partition coefficient (Wildman–Crippen LogP) is 5.41. The van der Waals surface area contributed by atoms with Crippen molar-refractivity contribution in [2.45, 2.75) is 26.7 Å². The molecule has 0 aromatic heterocycles. The Morgan fingerprint density at radius 3 is 2.58 bits per heavy atom. The Hall–Kier alpha value is -2.46. The Labute approximate surface area is 158 Å². The van der Waals surface area contributed by atoms with Gasteiger partial charge in [-0.3, -0.25) is 4.79 Å². The number of carbonyl (C=O) groups is 1. The topological polar surface area (TPSA) is 47.6 Å². The van der Waals surface area contributed by atoms with Crippen LogP contribution in [-0.4, -0.2) is 19.1 Å². The van der Waals surface area contributed by atoms with Crippen LogP contribution >= 0.6 is 11.6 Å². The maximum absolute atomic E-state index is 12.4. The van der Waals surface area contributed by atoms with Crippen molar-refractivity contribution in [3.8, 4) is 11.5 Å². The van der Waals surface area contributed by atoms with Gasteiger partial charge in [0.25, 0.3) is 5.91 Å². The van der Waals surface area contributed by atoms with Gasteiger partial charge in [-0.15, -0.1) is 0 Å². The third-order valence-corrected chi connectivity index (χ3v) is 4.22. The number of hydrogen-bond donors (Lipinski definition) is 1. The highest BCUT2D eigenvalue weighted by Gasteiger charge is 2.24. The minimum absolute atomic E-state index is 0.144. The molecule has 1 aliphatic rings. The first-order valence-corrected chi connectivity index (χ1v) is 9.22. The van der Waals surface area contributed by atoms with Gasteiger partial charge in [0.2, 0.25) is 0 Å². The van der Waals surface area contributed by atoms with E-state index in [1.54, 1.807) is 12.1 Å². The lowest BCUT2D eigenvalue weighted by Crippen LogP contribution is -2.04. The number of rotatable bonds is 7. The van der Waals surface area contributed by atoms with E-state index in [0.717, 1.165) is 35.4 Å². The van der Waals surface area contributed by atoms with E-state index in [4.69, 9.17) is 21.1 Å². The Morgan fingerprint density at radius 2 is 1.81 bits per heavy atom. The quantitative estimate of drug-likeness (QED) is 0.662. The number of ether oxygens (including phenoxy) is 2. The summed E-state index contributed by atoms with van der Waals surface area (Å²) < 4.78 is 11.6. The molecule has 0 aliphatic carbocycles. The molecule has 0 saturated heterocycles. The lowest BCUT2D eigenvalue weighted by Gasteiger charge is -2.12. The highest BCUT2D eigenvalue weighted by atomic mass is 35.5. The van der Waals surface area contributed by atoms with Crippen LogP contribution in [0.15, 0.2) is 36.4 Å². The van der Waals surface area contributed by atoms with Crippen LogP contribution in [0.2, 0.25) is 5.02 Å². The van der Waals surface area contributed by atoms with Gasteiger partial charge < -0.3 is 14.8 Å². The first kappa shape index (κ1) is 18.3. The van der Waals surface area contributed by atoms with Crippen molar-refractivity contribution in [3.05, 3.63) is 52.5 Å². The summed E-state index contributed by atoms with van der Waals surface area (Å²) in [6.07, 6.45) is 3.69. The van der Waals surface area contributed by atoms with Crippen molar-refractivity contribution in [1.29, 1.82) is 0 Å². The number of halogens is 1. The first-order chi connectivity index (χ1) is 12.6. The second-order valence-electron chi connectivity index (χ2n) is 6.10. The van der Waals surface area contributed by atoms with Crippen molar-refractivity contribution < 1.29 is 14.3 Å². The molecule has 2 aromatic rings. The molecule has 1 N–H and O–H groups in total. The third kappa shape index (κ3) is 4.02. The molecular weight excluding hydrogens is 350 g/mol. The normalized spacial score (nSPS) is 14.3. The van der Waals surface area contributed by atoms with Crippen molar-refractivity contribution in [2.75, 3.05) is 18.5 Å². The SMILES string of the molecule is CCCOc1ccc(C=C2C(=O)Nc3cc(Cl)ccc32)c(OCCC)c1. The van der Waals surface area contributed by atoms with E-state index in [0.29, 0.717) is 29.6 Å². The Balaban J connectivity index is 1.98. The van der Waals surface area contributed by atoms with Crippen LogP contribution in [-0.2, 0) is 4.79 Å². The highest BCUT2D eigenvalue weighted by molar-refractivity contribution is 6.36. The standard InChI is InChI=1S/C21H22ClNO3/c1-3-9-25-16-7-5-14(20(13-16)26-10-4-2)11-18-17-8-6-15(22)12-19(17)23-21(18)24/h5-8,11-13H,3-4,9-10H2,1-2H3,(H,23,24). The number of nitrogens with one attached hydrogen (secondary N) is 1. The van der Waals surface area contributed by atoms with Crippen LogP contribution in [0.5, 0.6) is 11.5 Å². The van der Waals surface area contributed by atoms with Gasteiger partial charge in [0.1, 0.15) is 11.5 Å². The molecule has 5 heteroatoms. The largest absolute Gasteiger partial charge is 0.493 e.